The Labute approximate surface area is 170 Å². The Morgan fingerprint density at radius 1 is 1.17 bits per heavy atom. The Morgan fingerprint density at radius 3 is 2.41 bits per heavy atom. The zero-order valence-electron chi connectivity index (χ0n) is 17.0. The topological polar surface area (TPSA) is 72.8 Å². The van der Waals surface area contributed by atoms with E-state index in [2.05, 4.69) is 19.8 Å². The van der Waals surface area contributed by atoms with Crippen molar-refractivity contribution < 1.29 is 24.2 Å². The van der Waals surface area contributed by atoms with Crippen molar-refractivity contribution in [2.45, 2.75) is 51.6 Å². The second kappa shape index (κ2) is 7.29. The van der Waals surface area contributed by atoms with Crippen molar-refractivity contribution in [1.29, 1.82) is 0 Å². The number of hydrogen-bond donors (Lipinski definition) is 1. The van der Waals surface area contributed by atoms with Crippen LogP contribution in [0.25, 0.3) is 0 Å². The number of carbonyl (C=O) groups excluding carboxylic acids is 1. The van der Waals surface area contributed by atoms with E-state index in [1.807, 2.05) is 13.8 Å². The lowest BCUT2D eigenvalue weighted by Crippen LogP contribution is -2.41. The van der Waals surface area contributed by atoms with Crippen LogP contribution in [0, 0.1) is 12.3 Å². The molecule has 29 heavy (non-hydrogen) atoms. The molecule has 3 rings (SSSR count). The third kappa shape index (κ3) is 4.43. The number of fused-ring (bicyclic) bond motifs is 1. The first-order valence-electron chi connectivity index (χ1n) is 9.38. The van der Waals surface area contributed by atoms with Gasteiger partial charge >= 0.3 is 11.9 Å². The van der Waals surface area contributed by atoms with Crippen molar-refractivity contribution in [3.8, 4) is 23.8 Å². The van der Waals surface area contributed by atoms with E-state index in [1.165, 1.54) is 0 Å². The molecule has 2 aromatic carbocycles. The largest absolute Gasteiger partial charge is 0.486 e. The van der Waals surface area contributed by atoms with E-state index in [0.717, 1.165) is 12.0 Å². The number of ether oxygens (including phenoxy) is 2. The molecule has 1 heterocycles. The average molecular weight is 392 g/mol. The maximum Gasteiger partial charge on any atom is 0.343 e. The lowest BCUT2D eigenvalue weighted by atomic mass is 9.72. The molecule has 1 N–H and O–H groups in total. The second-order valence-corrected chi connectivity index (χ2v) is 8.57. The van der Waals surface area contributed by atoms with Crippen molar-refractivity contribution in [1.82, 2.24) is 0 Å². The van der Waals surface area contributed by atoms with Gasteiger partial charge in [0.25, 0.3) is 0 Å². The minimum atomic E-state index is -0.918. The van der Waals surface area contributed by atoms with Crippen molar-refractivity contribution in [2.24, 2.45) is 0 Å². The highest BCUT2D eigenvalue weighted by Crippen LogP contribution is 2.46. The summed E-state index contributed by atoms with van der Waals surface area (Å²) in [6.45, 7) is 8.25. The van der Waals surface area contributed by atoms with Crippen molar-refractivity contribution in [3.63, 3.8) is 0 Å². The monoisotopic (exact) mass is 392 g/mol. The van der Waals surface area contributed by atoms with Crippen LogP contribution in [0.1, 0.15) is 61.2 Å². The molecule has 2 aromatic rings. The Kier molecular flexibility index (Phi) is 5.15. The zero-order valence-corrected chi connectivity index (χ0v) is 17.0. The molecule has 0 saturated carbocycles. The number of carboxylic acids is 1. The van der Waals surface area contributed by atoms with Gasteiger partial charge in [-0.15, -0.1) is 6.42 Å². The molecule has 0 spiro atoms. The second-order valence-electron chi connectivity index (χ2n) is 8.57. The molecule has 1 aliphatic heterocycles. The highest BCUT2D eigenvalue weighted by molar-refractivity contribution is 5.92. The summed E-state index contributed by atoms with van der Waals surface area (Å²) < 4.78 is 11.6. The highest BCUT2D eigenvalue weighted by Gasteiger charge is 2.40. The van der Waals surface area contributed by atoms with E-state index in [4.69, 9.17) is 21.0 Å². The lowest BCUT2D eigenvalue weighted by Gasteiger charge is -2.43. The van der Waals surface area contributed by atoms with Gasteiger partial charge < -0.3 is 14.6 Å². The van der Waals surface area contributed by atoms with Gasteiger partial charge in [0.05, 0.1) is 17.5 Å². The fraction of sp³-hybridized carbons (Fsp3) is 0.333. The summed E-state index contributed by atoms with van der Waals surface area (Å²) in [5, 5.41) is 8.84. The summed E-state index contributed by atoms with van der Waals surface area (Å²) in [7, 11) is 0. The van der Waals surface area contributed by atoms with Crippen LogP contribution in [-0.4, -0.2) is 22.6 Å². The molecule has 0 fully saturated rings. The van der Waals surface area contributed by atoms with E-state index < -0.39 is 11.9 Å². The quantitative estimate of drug-likeness (QED) is 0.476. The molecular weight excluding hydrogens is 368 g/mol. The molecule has 0 unspecified atom stereocenters. The maximum atomic E-state index is 12.7. The summed E-state index contributed by atoms with van der Waals surface area (Å²) in [6, 6.07) is 9.79. The number of terminal acetylenes is 1. The van der Waals surface area contributed by atoms with Gasteiger partial charge in [-0.05, 0) is 55.5 Å². The predicted molar refractivity (Wildman–Crippen MR) is 109 cm³/mol. The SMILES string of the molecule is C#Cc1cc(C(=O)Oc2ccc(CC(=O)O)cc2)cc2c1OC(C)(C)CC2(C)C. The van der Waals surface area contributed by atoms with Gasteiger partial charge in [-0.1, -0.05) is 31.9 Å². The Morgan fingerprint density at radius 2 is 1.83 bits per heavy atom. The van der Waals surface area contributed by atoms with Gasteiger partial charge in [-0.3, -0.25) is 4.79 Å². The number of rotatable bonds is 4. The molecule has 0 bridgehead atoms. The van der Waals surface area contributed by atoms with Gasteiger partial charge in [0.2, 0.25) is 0 Å². The van der Waals surface area contributed by atoms with Crippen molar-refractivity contribution >= 4 is 11.9 Å². The fourth-order valence-corrected chi connectivity index (χ4v) is 3.95. The predicted octanol–water partition coefficient (Wildman–Crippen LogP) is 4.35. The van der Waals surface area contributed by atoms with Gasteiger partial charge in [0, 0.05) is 5.56 Å². The summed E-state index contributed by atoms with van der Waals surface area (Å²) in [5.41, 5.74) is 1.80. The van der Waals surface area contributed by atoms with Crippen LogP contribution in [0.3, 0.4) is 0 Å². The van der Waals surface area contributed by atoms with Crippen LogP contribution in [0.2, 0.25) is 0 Å². The maximum absolute atomic E-state index is 12.7. The Hall–Kier alpha value is -3.26. The summed E-state index contributed by atoms with van der Waals surface area (Å²) in [6.07, 6.45) is 6.39. The molecule has 0 amide bonds. The molecule has 1 aliphatic rings. The van der Waals surface area contributed by atoms with E-state index >= 15 is 0 Å². The Balaban J connectivity index is 1.91. The summed E-state index contributed by atoms with van der Waals surface area (Å²) >= 11 is 0. The minimum Gasteiger partial charge on any atom is -0.486 e. The van der Waals surface area contributed by atoms with Crippen LogP contribution >= 0.6 is 0 Å². The van der Waals surface area contributed by atoms with Crippen LogP contribution < -0.4 is 9.47 Å². The molecule has 0 radical (unpaired) electrons. The van der Waals surface area contributed by atoms with Crippen LogP contribution in [0.4, 0.5) is 0 Å². The zero-order chi connectivity index (χ0) is 21.4. The number of carbonyl (C=O) groups is 2. The fourth-order valence-electron chi connectivity index (χ4n) is 3.95. The number of carboxylic acid groups (broad SMARTS) is 1. The third-order valence-electron chi connectivity index (χ3n) is 4.94. The van der Waals surface area contributed by atoms with Crippen LogP contribution in [0.5, 0.6) is 11.5 Å². The molecule has 0 saturated heterocycles. The minimum absolute atomic E-state index is 0.0873. The molecule has 5 heteroatoms. The van der Waals surface area contributed by atoms with E-state index in [-0.39, 0.29) is 17.4 Å². The third-order valence-corrected chi connectivity index (χ3v) is 4.94. The van der Waals surface area contributed by atoms with Crippen molar-refractivity contribution in [3.05, 3.63) is 58.7 Å². The van der Waals surface area contributed by atoms with Gasteiger partial charge in [0.15, 0.2) is 0 Å². The van der Waals surface area contributed by atoms with Crippen LogP contribution in [-0.2, 0) is 16.6 Å². The van der Waals surface area contributed by atoms with Gasteiger partial charge in [0.1, 0.15) is 17.1 Å². The van der Waals surface area contributed by atoms with E-state index in [9.17, 15) is 9.59 Å². The average Bonchev–Trinajstić information content (AvgIpc) is 2.60. The number of hydrogen-bond acceptors (Lipinski definition) is 4. The molecule has 150 valence electrons. The number of benzene rings is 2. The van der Waals surface area contributed by atoms with Crippen LogP contribution in [0.15, 0.2) is 36.4 Å². The molecule has 0 aromatic heterocycles. The first-order valence-corrected chi connectivity index (χ1v) is 9.38. The first kappa shape index (κ1) is 20.5. The Bertz CT molecular complexity index is 1010. The van der Waals surface area contributed by atoms with Gasteiger partial charge in [-0.2, -0.15) is 0 Å². The van der Waals surface area contributed by atoms with E-state index in [1.54, 1.807) is 36.4 Å². The number of esters is 1. The molecule has 5 nitrogen and oxygen atoms in total. The summed E-state index contributed by atoms with van der Waals surface area (Å²) in [5.74, 6) is 2.15. The lowest BCUT2D eigenvalue weighted by molar-refractivity contribution is -0.136. The van der Waals surface area contributed by atoms with Gasteiger partial charge in [-0.25, -0.2) is 4.79 Å². The molecule has 0 aliphatic carbocycles. The molecule has 0 atom stereocenters. The first-order chi connectivity index (χ1) is 13.5. The van der Waals surface area contributed by atoms with E-state index in [0.29, 0.717) is 28.2 Å². The smallest absolute Gasteiger partial charge is 0.343 e. The number of aliphatic carboxylic acids is 1. The normalized spacial score (nSPS) is 16.1. The van der Waals surface area contributed by atoms with Crippen molar-refractivity contribution in [2.75, 3.05) is 0 Å². The highest BCUT2D eigenvalue weighted by atomic mass is 16.5. The summed E-state index contributed by atoms with van der Waals surface area (Å²) in [4.78, 5) is 23.5. The molecular formula is C24H24O5. The standard InChI is InChI=1S/C24H24O5/c1-6-16-12-17(13-19-21(16)29-24(4,5)14-23(19,2)3)22(27)28-18-9-7-15(8-10-18)11-20(25)26/h1,7-10,12-13H,11,14H2,2-5H3,(H,25,26).